The first-order chi connectivity index (χ1) is 12.1. The second-order valence-corrected chi connectivity index (χ2v) is 8.38. The van der Waals surface area contributed by atoms with Gasteiger partial charge >= 0.3 is 0 Å². The summed E-state index contributed by atoms with van der Waals surface area (Å²) in [5.41, 5.74) is 1.51. The van der Waals surface area contributed by atoms with E-state index in [1.165, 1.54) is 49.2 Å². The molecule has 2 fully saturated rings. The minimum Gasteiger partial charge on any atom is -0.353 e. The molecule has 1 aromatic carbocycles. The highest BCUT2D eigenvalue weighted by molar-refractivity contribution is 7.13. The molecule has 1 amide bonds. The SMILES string of the molecule is C[C@H](NC(=O)Cc1csc(-c2cccc(F)c2)n1)[C@@H]1C[C@@H]2CC[C@@H]1C2. The number of fused-ring (bicyclic) bond motifs is 2. The number of nitrogens with one attached hydrogen (secondary N) is 1. The Morgan fingerprint density at radius 2 is 2.28 bits per heavy atom. The van der Waals surface area contributed by atoms with E-state index < -0.39 is 0 Å². The molecule has 2 aromatic rings. The van der Waals surface area contributed by atoms with Crippen LogP contribution in [0, 0.1) is 23.6 Å². The summed E-state index contributed by atoms with van der Waals surface area (Å²) in [4.78, 5) is 16.9. The van der Waals surface area contributed by atoms with Gasteiger partial charge in [0.05, 0.1) is 12.1 Å². The molecule has 0 spiro atoms. The summed E-state index contributed by atoms with van der Waals surface area (Å²) in [5, 5.41) is 5.82. The molecule has 1 heterocycles. The molecule has 1 N–H and O–H groups in total. The van der Waals surface area contributed by atoms with E-state index in [0.717, 1.165) is 28.1 Å². The maximum absolute atomic E-state index is 13.3. The van der Waals surface area contributed by atoms with Crippen LogP contribution in [-0.2, 0) is 11.2 Å². The average molecular weight is 358 g/mol. The molecule has 3 nitrogen and oxygen atoms in total. The van der Waals surface area contributed by atoms with Gasteiger partial charge in [-0.25, -0.2) is 9.37 Å². The van der Waals surface area contributed by atoms with Crippen molar-refractivity contribution >= 4 is 17.2 Å². The maximum atomic E-state index is 13.3. The largest absolute Gasteiger partial charge is 0.353 e. The van der Waals surface area contributed by atoms with Gasteiger partial charge in [-0.1, -0.05) is 18.6 Å². The van der Waals surface area contributed by atoms with Gasteiger partial charge in [-0.05, 0) is 56.1 Å². The number of hydrogen-bond donors (Lipinski definition) is 1. The molecule has 132 valence electrons. The van der Waals surface area contributed by atoms with Gasteiger partial charge in [0.15, 0.2) is 0 Å². The van der Waals surface area contributed by atoms with Crippen LogP contribution in [0.15, 0.2) is 29.6 Å². The summed E-state index contributed by atoms with van der Waals surface area (Å²) in [6.07, 6.45) is 5.62. The molecule has 0 radical (unpaired) electrons. The number of benzene rings is 1. The summed E-state index contributed by atoms with van der Waals surface area (Å²) in [6.45, 7) is 2.14. The van der Waals surface area contributed by atoms with E-state index in [1.54, 1.807) is 6.07 Å². The predicted octanol–water partition coefficient (Wildman–Crippen LogP) is 4.43. The molecule has 25 heavy (non-hydrogen) atoms. The fourth-order valence-corrected chi connectivity index (χ4v) is 5.44. The Balaban J connectivity index is 1.35. The average Bonchev–Trinajstić information content (AvgIpc) is 3.31. The molecule has 4 atom stereocenters. The molecular formula is C20H23FN2OS. The molecule has 2 bridgehead atoms. The minimum absolute atomic E-state index is 0.0337. The first-order valence-electron chi connectivity index (χ1n) is 9.08. The maximum Gasteiger partial charge on any atom is 0.226 e. The highest BCUT2D eigenvalue weighted by Crippen LogP contribution is 2.49. The van der Waals surface area contributed by atoms with Crippen LogP contribution < -0.4 is 5.32 Å². The fraction of sp³-hybridized carbons (Fsp3) is 0.500. The van der Waals surface area contributed by atoms with E-state index in [-0.39, 0.29) is 24.2 Å². The van der Waals surface area contributed by atoms with Crippen molar-refractivity contribution in [2.75, 3.05) is 0 Å². The van der Waals surface area contributed by atoms with Crippen molar-refractivity contribution in [2.45, 2.75) is 45.1 Å². The first-order valence-corrected chi connectivity index (χ1v) is 9.96. The first kappa shape index (κ1) is 16.7. The third kappa shape index (κ3) is 3.61. The Morgan fingerprint density at radius 1 is 1.40 bits per heavy atom. The Morgan fingerprint density at radius 3 is 3.00 bits per heavy atom. The lowest BCUT2D eigenvalue weighted by Gasteiger charge is -2.28. The zero-order chi connectivity index (χ0) is 17.4. The van der Waals surface area contributed by atoms with Crippen molar-refractivity contribution in [1.82, 2.24) is 10.3 Å². The standard InChI is InChI=1S/C20H23FN2OS/c1-12(18-8-13-5-6-14(18)7-13)22-19(24)10-17-11-25-20(23-17)15-3-2-4-16(21)9-15/h2-4,9,11-14,18H,5-8,10H2,1H3,(H,22,24)/t12-,13+,14+,18-/m0/s1. The normalized spacial score (nSPS) is 25.9. The second-order valence-electron chi connectivity index (χ2n) is 7.53. The van der Waals surface area contributed by atoms with Crippen LogP contribution in [0.5, 0.6) is 0 Å². The summed E-state index contributed by atoms with van der Waals surface area (Å²) in [7, 11) is 0. The summed E-state index contributed by atoms with van der Waals surface area (Å²) in [5.74, 6) is 2.10. The lowest BCUT2D eigenvalue weighted by molar-refractivity contribution is -0.121. The Labute approximate surface area is 151 Å². The highest BCUT2D eigenvalue weighted by Gasteiger charge is 2.42. The van der Waals surface area contributed by atoms with Gasteiger partial charge in [0.25, 0.3) is 0 Å². The predicted molar refractivity (Wildman–Crippen MR) is 97.8 cm³/mol. The summed E-state index contributed by atoms with van der Waals surface area (Å²) >= 11 is 1.45. The van der Waals surface area contributed by atoms with E-state index in [0.29, 0.717) is 5.92 Å². The van der Waals surface area contributed by atoms with E-state index in [1.807, 2.05) is 11.4 Å². The van der Waals surface area contributed by atoms with Crippen molar-refractivity contribution < 1.29 is 9.18 Å². The summed E-state index contributed by atoms with van der Waals surface area (Å²) in [6, 6.07) is 6.64. The second kappa shape index (κ2) is 6.87. The monoisotopic (exact) mass is 358 g/mol. The molecule has 5 heteroatoms. The van der Waals surface area contributed by atoms with E-state index in [4.69, 9.17) is 0 Å². The molecule has 2 saturated carbocycles. The van der Waals surface area contributed by atoms with Crippen molar-refractivity contribution in [3.8, 4) is 10.6 Å². The number of nitrogens with zero attached hydrogens (tertiary/aromatic N) is 1. The number of carbonyl (C=O) groups is 1. The highest BCUT2D eigenvalue weighted by atomic mass is 32.1. The number of amides is 1. The molecule has 4 rings (SSSR count). The molecule has 2 aliphatic carbocycles. The minimum atomic E-state index is -0.272. The number of carbonyl (C=O) groups excluding carboxylic acids is 1. The van der Waals surface area contributed by atoms with Gasteiger partial charge in [0.1, 0.15) is 10.8 Å². The Hall–Kier alpha value is -1.75. The van der Waals surface area contributed by atoms with Crippen LogP contribution in [0.4, 0.5) is 4.39 Å². The third-order valence-corrected chi connectivity index (χ3v) is 6.73. The number of thiazole rings is 1. The lowest BCUT2D eigenvalue weighted by atomic mass is 9.84. The summed E-state index contributed by atoms with van der Waals surface area (Å²) < 4.78 is 13.3. The van der Waals surface area contributed by atoms with Crippen LogP contribution in [0.2, 0.25) is 0 Å². The van der Waals surface area contributed by atoms with E-state index >= 15 is 0 Å². The number of rotatable bonds is 5. The van der Waals surface area contributed by atoms with Gasteiger partial charge in [-0.3, -0.25) is 4.79 Å². The third-order valence-electron chi connectivity index (χ3n) is 5.79. The van der Waals surface area contributed by atoms with Crippen LogP contribution in [-0.4, -0.2) is 16.9 Å². The van der Waals surface area contributed by atoms with E-state index in [9.17, 15) is 9.18 Å². The van der Waals surface area contributed by atoms with Crippen LogP contribution in [0.3, 0.4) is 0 Å². The lowest BCUT2D eigenvalue weighted by Crippen LogP contribution is -2.40. The quantitative estimate of drug-likeness (QED) is 0.859. The topological polar surface area (TPSA) is 42.0 Å². The number of halogens is 1. The Kier molecular flexibility index (Phi) is 4.59. The van der Waals surface area contributed by atoms with Gasteiger partial charge < -0.3 is 5.32 Å². The molecule has 0 aliphatic heterocycles. The zero-order valence-corrected chi connectivity index (χ0v) is 15.2. The zero-order valence-electron chi connectivity index (χ0n) is 14.4. The van der Waals surface area contributed by atoms with Crippen molar-refractivity contribution in [1.29, 1.82) is 0 Å². The van der Waals surface area contributed by atoms with E-state index in [2.05, 4.69) is 17.2 Å². The fourth-order valence-electron chi connectivity index (χ4n) is 4.63. The molecule has 0 unspecified atom stereocenters. The van der Waals surface area contributed by atoms with Crippen molar-refractivity contribution in [3.05, 3.63) is 41.2 Å². The smallest absolute Gasteiger partial charge is 0.226 e. The molecule has 1 aromatic heterocycles. The van der Waals surface area contributed by atoms with Gasteiger partial charge in [0.2, 0.25) is 5.91 Å². The number of aromatic nitrogens is 1. The van der Waals surface area contributed by atoms with Gasteiger partial charge in [0, 0.05) is 17.0 Å². The van der Waals surface area contributed by atoms with Crippen LogP contribution in [0.1, 0.15) is 38.3 Å². The van der Waals surface area contributed by atoms with Crippen LogP contribution in [0.25, 0.3) is 10.6 Å². The molecule has 2 aliphatic rings. The molecular weight excluding hydrogens is 335 g/mol. The molecule has 0 saturated heterocycles. The van der Waals surface area contributed by atoms with Gasteiger partial charge in [-0.2, -0.15) is 0 Å². The van der Waals surface area contributed by atoms with Gasteiger partial charge in [-0.15, -0.1) is 11.3 Å². The van der Waals surface area contributed by atoms with Crippen molar-refractivity contribution in [3.63, 3.8) is 0 Å². The Bertz CT molecular complexity index is 775. The number of hydrogen-bond acceptors (Lipinski definition) is 3. The van der Waals surface area contributed by atoms with Crippen molar-refractivity contribution in [2.24, 2.45) is 17.8 Å². The van der Waals surface area contributed by atoms with Crippen LogP contribution >= 0.6 is 11.3 Å².